The molecule has 0 fully saturated rings. The molecule has 2 aromatic rings. The Morgan fingerprint density at radius 3 is 2.81 bits per heavy atom. The number of hydrogen-bond donors (Lipinski definition) is 2. The minimum atomic E-state index is 0.250. The average molecular weight is 288 g/mol. The quantitative estimate of drug-likeness (QED) is 0.874. The van der Waals surface area contributed by atoms with Crippen molar-refractivity contribution in [3.8, 4) is 17.2 Å². The first-order valence-corrected chi connectivity index (χ1v) is 6.61. The van der Waals surface area contributed by atoms with Gasteiger partial charge in [0.15, 0.2) is 23.1 Å². The van der Waals surface area contributed by atoms with Crippen LogP contribution in [0.4, 0.5) is 17.3 Å². The molecule has 0 saturated carbocycles. The van der Waals surface area contributed by atoms with Crippen molar-refractivity contribution in [3.63, 3.8) is 0 Å². The fourth-order valence-corrected chi connectivity index (χ4v) is 2.06. The number of methoxy groups -OCH3 is 1. The van der Waals surface area contributed by atoms with Gasteiger partial charge < -0.3 is 24.8 Å². The van der Waals surface area contributed by atoms with Gasteiger partial charge in [0.05, 0.1) is 7.11 Å². The second-order valence-electron chi connectivity index (χ2n) is 4.33. The number of aromatic nitrogens is 2. The van der Waals surface area contributed by atoms with Crippen LogP contribution in [0.25, 0.3) is 0 Å². The van der Waals surface area contributed by atoms with E-state index in [4.69, 9.17) is 14.2 Å². The zero-order valence-corrected chi connectivity index (χ0v) is 11.8. The van der Waals surface area contributed by atoms with E-state index in [9.17, 15) is 0 Å². The van der Waals surface area contributed by atoms with E-state index in [1.165, 1.54) is 6.33 Å². The van der Waals surface area contributed by atoms with Crippen LogP contribution in [0.3, 0.4) is 0 Å². The molecule has 0 spiro atoms. The summed E-state index contributed by atoms with van der Waals surface area (Å²) in [6.07, 6.45) is 1.48. The second kappa shape index (κ2) is 5.74. The highest BCUT2D eigenvalue weighted by molar-refractivity contribution is 5.70. The van der Waals surface area contributed by atoms with Crippen LogP contribution in [-0.4, -0.2) is 30.4 Å². The summed E-state index contributed by atoms with van der Waals surface area (Å²) in [6, 6.07) is 5.60. The molecule has 0 bridgehead atoms. The molecule has 3 rings (SSSR count). The first kappa shape index (κ1) is 13.3. The molecule has 0 radical (unpaired) electrons. The van der Waals surface area contributed by atoms with E-state index < -0.39 is 0 Å². The molecule has 0 saturated heterocycles. The number of fused-ring (bicyclic) bond motifs is 1. The molecule has 1 aromatic heterocycles. The van der Waals surface area contributed by atoms with Gasteiger partial charge in [0, 0.05) is 18.3 Å². The van der Waals surface area contributed by atoms with Crippen molar-refractivity contribution in [2.24, 2.45) is 0 Å². The number of benzene rings is 1. The average Bonchev–Trinajstić information content (AvgIpc) is 2.95. The molecule has 7 nitrogen and oxygen atoms in total. The summed E-state index contributed by atoms with van der Waals surface area (Å²) in [5, 5.41) is 6.33. The Balaban J connectivity index is 1.89. The molecule has 110 valence electrons. The Labute approximate surface area is 122 Å². The molecule has 1 aliphatic heterocycles. The highest BCUT2D eigenvalue weighted by atomic mass is 16.7. The van der Waals surface area contributed by atoms with Crippen molar-refractivity contribution in [2.45, 2.75) is 6.92 Å². The van der Waals surface area contributed by atoms with Crippen LogP contribution in [0, 0.1) is 0 Å². The Hall–Kier alpha value is -2.70. The maximum absolute atomic E-state index is 5.39. The standard InChI is InChI=1S/C14H16N4O3/c1-3-15-13-12(19-2)14(17-7-16-13)18-9-4-5-10-11(6-9)21-8-20-10/h4-7H,3,8H2,1-2H3,(H2,15,16,17,18). The third kappa shape index (κ3) is 2.62. The van der Waals surface area contributed by atoms with Crippen LogP contribution in [0.2, 0.25) is 0 Å². The first-order valence-electron chi connectivity index (χ1n) is 6.61. The fourth-order valence-electron chi connectivity index (χ4n) is 2.06. The van der Waals surface area contributed by atoms with Gasteiger partial charge >= 0.3 is 0 Å². The normalized spacial score (nSPS) is 12.1. The first-order chi connectivity index (χ1) is 10.3. The monoisotopic (exact) mass is 288 g/mol. The number of nitrogens with one attached hydrogen (secondary N) is 2. The van der Waals surface area contributed by atoms with Crippen molar-refractivity contribution in [1.82, 2.24) is 9.97 Å². The Bertz CT molecular complexity index is 648. The molecule has 21 heavy (non-hydrogen) atoms. The van der Waals surface area contributed by atoms with Gasteiger partial charge in [-0.15, -0.1) is 0 Å². The van der Waals surface area contributed by atoms with Crippen LogP contribution < -0.4 is 24.8 Å². The molecular formula is C14H16N4O3. The van der Waals surface area contributed by atoms with Crippen LogP contribution in [0.1, 0.15) is 6.92 Å². The lowest BCUT2D eigenvalue weighted by molar-refractivity contribution is 0.174. The van der Waals surface area contributed by atoms with Gasteiger partial charge in [-0.3, -0.25) is 0 Å². The lowest BCUT2D eigenvalue weighted by atomic mass is 10.2. The number of anilines is 3. The summed E-state index contributed by atoms with van der Waals surface area (Å²) < 4.78 is 16.0. The second-order valence-corrected chi connectivity index (χ2v) is 4.33. The van der Waals surface area contributed by atoms with Gasteiger partial charge in [-0.25, -0.2) is 9.97 Å². The van der Waals surface area contributed by atoms with Gasteiger partial charge in [-0.05, 0) is 19.1 Å². The smallest absolute Gasteiger partial charge is 0.231 e. The van der Waals surface area contributed by atoms with Crippen molar-refractivity contribution >= 4 is 17.3 Å². The van der Waals surface area contributed by atoms with E-state index in [-0.39, 0.29) is 6.79 Å². The summed E-state index contributed by atoms with van der Waals surface area (Å²) in [5.41, 5.74) is 0.832. The summed E-state index contributed by atoms with van der Waals surface area (Å²) in [5.74, 6) is 3.25. The molecule has 0 atom stereocenters. The zero-order chi connectivity index (χ0) is 14.7. The lowest BCUT2D eigenvalue weighted by Gasteiger charge is -2.13. The summed E-state index contributed by atoms with van der Waals surface area (Å²) >= 11 is 0. The molecule has 1 aliphatic rings. The van der Waals surface area contributed by atoms with Gasteiger partial charge in [-0.2, -0.15) is 0 Å². The predicted octanol–water partition coefficient (Wildman–Crippen LogP) is 2.39. The van der Waals surface area contributed by atoms with Gasteiger partial charge in [0.25, 0.3) is 0 Å². The van der Waals surface area contributed by atoms with Crippen LogP contribution in [-0.2, 0) is 0 Å². The Kier molecular flexibility index (Phi) is 3.63. The van der Waals surface area contributed by atoms with E-state index in [1.807, 2.05) is 25.1 Å². The maximum atomic E-state index is 5.39. The zero-order valence-electron chi connectivity index (χ0n) is 11.8. The van der Waals surface area contributed by atoms with Crippen LogP contribution in [0.5, 0.6) is 17.2 Å². The molecular weight excluding hydrogens is 272 g/mol. The van der Waals surface area contributed by atoms with Gasteiger partial charge in [0.1, 0.15) is 6.33 Å². The number of nitrogens with zero attached hydrogens (tertiary/aromatic N) is 2. The largest absolute Gasteiger partial charge is 0.490 e. The fraction of sp³-hybridized carbons (Fsp3) is 0.286. The van der Waals surface area contributed by atoms with Crippen LogP contribution >= 0.6 is 0 Å². The number of ether oxygens (including phenoxy) is 3. The molecule has 0 amide bonds. The van der Waals surface area contributed by atoms with E-state index in [0.717, 1.165) is 18.0 Å². The molecule has 0 unspecified atom stereocenters. The molecule has 2 heterocycles. The predicted molar refractivity (Wildman–Crippen MR) is 78.6 cm³/mol. The maximum Gasteiger partial charge on any atom is 0.231 e. The highest BCUT2D eigenvalue weighted by Gasteiger charge is 2.15. The summed E-state index contributed by atoms with van der Waals surface area (Å²) in [4.78, 5) is 8.39. The van der Waals surface area contributed by atoms with Crippen molar-refractivity contribution in [1.29, 1.82) is 0 Å². The summed E-state index contributed by atoms with van der Waals surface area (Å²) in [6.45, 7) is 2.99. The molecule has 2 N–H and O–H groups in total. The number of rotatable bonds is 5. The lowest BCUT2D eigenvalue weighted by Crippen LogP contribution is -2.05. The van der Waals surface area contributed by atoms with Gasteiger partial charge in [0.2, 0.25) is 12.5 Å². The molecule has 7 heteroatoms. The third-order valence-corrected chi connectivity index (χ3v) is 2.99. The van der Waals surface area contributed by atoms with Gasteiger partial charge in [-0.1, -0.05) is 0 Å². The topological polar surface area (TPSA) is 77.5 Å². The van der Waals surface area contributed by atoms with Crippen molar-refractivity contribution in [2.75, 3.05) is 31.1 Å². The van der Waals surface area contributed by atoms with Crippen LogP contribution in [0.15, 0.2) is 24.5 Å². The highest BCUT2D eigenvalue weighted by Crippen LogP contribution is 2.37. The van der Waals surface area contributed by atoms with Crippen molar-refractivity contribution in [3.05, 3.63) is 24.5 Å². The summed E-state index contributed by atoms with van der Waals surface area (Å²) in [7, 11) is 1.59. The Morgan fingerprint density at radius 1 is 1.19 bits per heavy atom. The number of hydrogen-bond acceptors (Lipinski definition) is 7. The van der Waals surface area contributed by atoms with E-state index in [1.54, 1.807) is 7.11 Å². The molecule has 1 aromatic carbocycles. The Morgan fingerprint density at radius 2 is 2.00 bits per heavy atom. The van der Waals surface area contributed by atoms with E-state index in [2.05, 4.69) is 20.6 Å². The third-order valence-electron chi connectivity index (χ3n) is 2.99. The van der Waals surface area contributed by atoms with E-state index >= 15 is 0 Å². The minimum absolute atomic E-state index is 0.250. The minimum Gasteiger partial charge on any atom is -0.490 e. The SMILES string of the molecule is CCNc1ncnc(Nc2ccc3c(c2)OCO3)c1OC. The van der Waals surface area contributed by atoms with E-state index in [0.29, 0.717) is 23.1 Å². The van der Waals surface area contributed by atoms with Crippen molar-refractivity contribution < 1.29 is 14.2 Å². The molecule has 0 aliphatic carbocycles.